The number of hydrogen-bond acceptors (Lipinski definition) is 5. The summed E-state index contributed by atoms with van der Waals surface area (Å²) in [5.41, 5.74) is 5.40. The average Bonchev–Trinajstić information content (AvgIpc) is 2.54. The Labute approximate surface area is 140 Å². The number of carbonyl (C=O) groups excluding carboxylic acids is 1. The molecular formula is C17H33N3O3. The molecule has 0 aromatic rings. The lowest BCUT2D eigenvalue weighted by molar-refractivity contribution is -0.180. The van der Waals surface area contributed by atoms with Crippen molar-refractivity contribution in [2.45, 2.75) is 45.8 Å². The topological polar surface area (TPSA) is 68.0 Å². The lowest BCUT2D eigenvalue weighted by atomic mass is 9.54. The van der Waals surface area contributed by atoms with Crippen LogP contribution < -0.4 is 5.73 Å². The summed E-state index contributed by atoms with van der Waals surface area (Å²) in [7, 11) is 0. The largest absolute Gasteiger partial charge is 0.380 e. The summed E-state index contributed by atoms with van der Waals surface area (Å²) in [6.45, 7) is 14.5. The van der Waals surface area contributed by atoms with Gasteiger partial charge in [0, 0.05) is 57.8 Å². The number of rotatable bonds is 7. The van der Waals surface area contributed by atoms with Gasteiger partial charge in [0.25, 0.3) is 0 Å². The highest BCUT2D eigenvalue weighted by Crippen LogP contribution is 2.50. The van der Waals surface area contributed by atoms with E-state index in [-0.39, 0.29) is 17.4 Å². The molecule has 1 saturated carbocycles. The SMILES string of the molecule is CCOCCN1CCN(C(=O)C2(N)CC(OCC)C2(C)C)CC1. The average molecular weight is 327 g/mol. The van der Waals surface area contributed by atoms with Gasteiger partial charge in [0.05, 0.1) is 12.7 Å². The Balaban J connectivity index is 1.85. The van der Waals surface area contributed by atoms with Crippen LogP contribution >= 0.6 is 0 Å². The van der Waals surface area contributed by atoms with Crippen LogP contribution in [0.3, 0.4) is 0 Å². The standard InChI is InChI=1S/C17H33N3O3/c1-5-22-12-11-19-7-9-20(10-8-19)15(21)17(18)13-14(23-6-2)16(17,3)4/h14H,5-13,18H2,1-4H3. The summed E-state index contributed by atoms with van der Waals surface area (Å²) in [5, 5.41) is 0. The molecule has 23 heavy (non-hydrogen) atoms. The van der Waals surface area contributed by atoms with Gasteiger partial charge in [-0.25, -0.2) is 0 Å². The van der Waals surface area contributed by atoms with E-state index in [4.69, 9.17) is 15.2 Å². The van der Waals surface area contributed by atoms with Crippen LogP contribution in [0, 0.1) is 5.41 Å². The predicted octanol–water partition coefficient (Wildman–Crippen LogP) is 0.700. The number of ether oxygens (including phenoxy) is 2. The quantitative estimate of drug-likeness (QED) is 0.697. The first-order valence-corrected chi connectivity index (χ1v) is 8.86. The monoisotopic (exact) mass is 327 g/mol. The highest BCUT2D eigenvalue weighted by atomic mass is 16.5. The van der Waals surface area contributed by atoms with Gasteiger partial charge in [0.15, 0.2) is 0 Å². The summed E-state index contributed by atoms with van der Waals surface area (Å²) < 4.78 is 11.1. The van der Waals surface area contributed by atoms with Crippen molar-refractivity contribution in [3.8, 4) is 0 Å². The normalized spacial score (nSPS) is 31.0. The number of piperazine rings is 1. The molecule has 0 spiro atoms. The van der Waals surface area contributed by atoms with Crippen molar-refractivity contribution in [2.24, 2.45) is 11.1 Å². The third-order valence-electron chi connectivity index (χ3n) is 5.63. The molecule has 0 radical (unpaired) electrons. The third kappa shape index (κ3) is 3.55. The molecule has 6 nitrogen and oxygen atoms in total. The van der Waals surface area contributed by atoms with Crippen molar-refractivity contribution in [1.82, 2.24) is 9.80 Å². The van der Waals surface area contributed by atoms with Gasteiger partial charge in [-0.3, -0.25) is 9.69 Å². The van der Waals surface area contributed by atoms with Crippen molar-refractivity contribution < 1.29 is 14.3 Å². The molecule has 2 unspecified atom stereocenters. The second kappa shape index (κ2) is 7.47. The van der Waals surface area contributed by atoms with Crippen LogP contribution in [-0.4, -0.2) is 79.9 Å². The van der Waals surface area contributed by atoms with Crippen LogP contribution in [0.15, 0.2) is 0 Å². The van der Waals surface area contributed by atoms with E-state index in [2.05, 4.69) is 4.90 Å². The lowest BCUT2D eigenvalue weighted by Crippen LogP contribution is -2.76. The van der Waals surface area contributed by atoms with Gasteiger partial charge in [-0.05, 0) is 13.8 Å². The zero-order chi connectivity index (χ0) is 17.1. The van der Waals surface area contributed by atoms with Gasteiger partial charge in [-0.1, -0.05) is 13.8 Å². The van der Waals surface area contributed by atoms with Gasteiger partial charge < -0.3 is 20.1 Å². The molecule has 0 aromatic carbocycles. The summed E-state index contributed by atoms with van der Waals surface area (Å²) in [6.07, 6.45) is 0.700. The molecule has 6 heteroatoms. The van der Waals surface area contributed by atoms with Gasteiger partial charge in [-0.2, -0.15) is 0 Å². The van der Waals surface area contributed by atoms with Crippen molar-refractivity contribution in [3.05, 3.63) is 0 Å². The fraction of sp³-hybridized carbons (Fsp3) is 0.941. The second-order valence-electron chi connectivity index (χ2n) is 7.17. The van der Waals surface area contributed by atoms with Crippen molar-refractivity contribution in [3.63, 3.8) is 0 Å². The van der Waals surface area contributed by atoms with Crippen LogP contribution in [0.2, 0.25) is 0 Å². The second-order valence-corrected chi connectivity index (χ2v) is 7.17. The van der Waals surface area contributed by atoms with Gasteiger partial charge >= 0.3 is 0 Å². The first kappa shape index (κ1) is 18.6. The molecule has 2 fully saturated rings. The number of nitrogens with two attached hydrogens (primary N) is 1. The predicted molar refractivity (Wildman–Crippen MR) is 90.2 cm³/mol. The van der Waals surface area contributed by atoms with E-state index in [9.17, 15) is 4.79 Å². The minimum atomic E-state index is -0.791. The maximum Gasteiger partial charge on any atom is 0.243 e. The third-order valence-corrected chi connectivity index (χ3v) is 5.63. The molecule has 0 bridgehead atoms. The molecule has 2 atom stereocenters. The fourth-order valence-corrected chi connectivity index (χ4v) is 3.59. The van der Waals surface area contributed by atoms with E-state index >= 15 is 0 Å². The minimum Gasteiger partial charge on any atom is -0.380 e. The lowest BCUT2D eigenvalue weighted by Gasteiger charge is -2.59. The number of carbonyl (C=O) groups is 1. The molecule has 0 aromatic heterocycles. The van der Waals surface area contributed by atoms with E-state index in [0.717, 1.165) is 45.9 Å². The molecule has 134 valence electrons. The molecular weight excluding hydrogens is 294 g/mol. The van der Waals surface area contributed by atoms with Crippen LogP contribution in [0.5, 0.6) is 0 Å². The fourth-order valence-electron chi connectivity index (χ4n) is 3.59. The molecule has 2 aliphatic rings. The first-order valence-electron chi connectivity index (χ1n) is 8.86. The van der Waals surface area contributed by atoms with Crippen molar-refractivity contribution in [2.75, 3.05) is 52.5 Å². The molecule has 1 aliphatic heterocycles. The van der Waals surface area contributed by atoms with Crippen molar-refractivity contribution in [1.29, 1.82) is 0 Å². The zero-order valence-electron chi connectivity index (χ0n) is 15.1. The van der Waals surface area contributed by atoms with Gasteiger partial charge in [0.1, 0.15) is 5.54 Å². The van der Waals surface area contributed by atoms with Crippen LogP contribution in [0.4, 0.5) is 0 Å². The maximum atomic E-state index is 12.9. The Morgan fingerprint density at radius 1 is 1.17 bits per heavy atom. The number of amides is 1. The van der Waals surface area contributed by atoms with Gasteiger partial charge in [0.2, 0.25) is 5.91 Å². The molecule has 2 rings (SSSR count). The summed E-state index contributed by atoms with van der Waals surface area (Å²) in [4.78, 5) is 17.2. The highest BCUT2D eigenvalue weighted by Gasteiger charge is 2.63. The molecule has 2 N–H and O–H groups in total. The van der Waals surface area contributed by atoms with E-state index in [1.54, 1.807) is 0 Å². The molecule has 1 heterocycles. The first-order chi connectivity index (χ1) is 10.9. The summed E-state index contributed by atoms with van der Waals surface area (Å²) in [5.74, 6) is 0.0860. The number of hydrogen-bond donors (Lipinski definition) is 1. The van der Waals surface area contributed by atoms with Crippen LogP contribution in [0.1, 0.15) is 34.1 Å². The van der Waals surface area contributed by atoms with Crippen LogP contribution in [0.25, 0.3) is 0 Å². The summed E-state index contributed by atoms with van der Waals surface area (Å²) >= 11 is 0. The Kier molecular flexibility index (Phi) is 6.05. The van der Waals surface area contributed by atoms with E-state index in [0.29, 0.717) is 13.0 Å². The Hall–Kier alpha value is -0.690. The maximum absolute atomic E-state index is 12.9. The minimum absolute atomic E-state index is 0.0777. The van der Waals surface area contributed by atoms with E-state index in [1.807, 2.05) is 32.6 Å². The molecule has 1 amide bonds. The molecule has 1 aliphatic carbocycles. The highest BCUT2D eigenvalue weighted by molar-refractivity contribution is 5.89. The zero-order valence-corrected chi connectivity index (χ0v) is 15.1. The number of nitrogens with zero attached hydrogens (tertiary/aromatic N) is 2. The Bertz CT molecular complexity index is 408. The Morgan fingerprint density at radius 2 is 1.83 bits per heavy atom. The van der Waals surface area contributed by atoms with E-state index < -0.39 is 5.54 Å². The van der Waals surface area contributed by atoms with Crippen LogP contribution in [-0.2, 0) is 14.3 Å². The smallest absolute Gasteiger partial charge is 0.243 e. The Morgan fingerprint density at radius 3 is 2.35 bits per heavy atom. The van der Waals surface area contributed by atoms with Crippen molar-refractivity contribution >= 4 is 5.91 Å². The van der Waals surface area contributed by atoms with E-state index in [1.165, 1.54) is 0 Å². The summed E-state index contributed by atoms with van der Waals surface area (Å²) in [6, 6.07) is 0. The van der Waals surface area contributed by atoms with Gasteiger partial charge in [-0.15, -0.1) is 0 Å². The molecule has 1 saturated heterocycles.